The number of nitrogens with one attached hydrogen (secondary N) is 1. The Morgan fingerprint density at radius 3 is 2.18 bits per heavy atom. The van der Waals surface area contributed by atoms with Gasteiger partial charge in [0.05, 0.1) is 6.61 Å². The summed E-state index contributed by atoms with van der Waals surface area (Å²) in [6.45, 7) is 16.3. The van der Waals surface area contributed by atoms with Crippen LogP contribution in [0.1, 0.15) is 60.8 Å². The summed E-state index contributed by atoms with van der Waals surface area (Å²) in [5.41, 5.74) is 0.267. The number of rotatable bonds is 9. The SMILES string of the molecule is CCCNC(COCC(C)CCC)C(C)(C)C. The average Bonchev–Trinajstić information content (AvgIpc) is 2.21. The number of hydrogen-bond acceptors (Lipinski definition) is 2. The Bertz CT molecular complexity index is 174. The van der Waals surface area contributed by atoms with Gasteiger partial charge in [-0.25, -0.2) is 0 Å². The summed E-state index contributed by atoms with van der Waals surface area (Å²) in [5.74, 6) is 0.687. The molecule has 0 aliphatic heterocycles. The van der Waals surface area contributed by atoms with E-state index in [9.17, 15) is 0 Å². The van der Waals surface area contributed by atoms with Crippen LogP contribution in [0.25, 0.3) is 0 Å². The topological polar surface area (TPSA) is 21.3 Å². The fraction of sp³-hybridized carbons (Fsp3) is 1.00. The number of hydrogen-bond donors (Lipinski definition) is 1. The van der Waals surface area contributed by atoms with E-state index in [1.807, 2.05) is 0 Å². The van der Waals surface area contributed by atoms with Crippen molar-refractivity contribution >= 4 is 0 Å². The van der Waals surface area contributed by atoms with Gasteiger partial charge < -0.3 is 10.1 Å². The van der Waals surface area contributed by atoms with E-state index >= 15 is 0 Å². The quantitative estimate of drug-likeness (QED) is 0.664. The summed E-state index contributed by atoms with van der Waals surface area (Å²) in [7, 11) is 0. The van der Waals surface area contributed by atoms with Crippen LogP contribution >= 0.6 is 0 Å². The van der Waals surface area contributed by atoms with Crippen molar-refractivity contribution in [2.45, 2.75) is 66.8 Å². The summed E-state index contributed by atoms with van der Waals surface area (Å²) in [4.78, 5) is 0. The monoisotopic (exact) mass is 243 g/mol. The third-order valence-electron chi connectivity index (χ3n) is 3.15. The van der Waals surface area contributed by atoms with Crippen molar-refractivity contribution in [1.29, 1.82) is 0 Å². The molecule has 0 heterocycles. The minimum Gasteiger partial charge on any atom is -0.380 e. The van der Waals surface area contributed by atoms with Crippen molar-refractivity contribution in [3.63, 3.8) is 0 Å². The fourth-order valence-electron chi connectivity index (χ4n) is 1.90. The second-order valence-electron chi connectivity index (χ2n) is 6.30. The second-order valence-corrected chi connectivity index (χ2v) is 6.30. The van der Waals surface area contributed by atoms with Crippen molar-refractivity contribution in [2.24, 2.45) is 11.3 Å². The van der Waals surface area contributed by atoms with E-state index in [-0.39, 0.29) is 5.41 Å². The van der Waals surface area contributed by atoms with Crippen LogP contribution in [-0.2, 0) is 4.74 Å². The number of ether oxygens (including phenoxy) is 1. The van der Waals surface area contributed by atoms with E-state index in [0.717, 1.165) is 19.8 Å². The predicted molar refractivity (Wildman–Crippen MR) is 76.4 cm³/mol. The molecule has 0 bridgehead atoms. The molecule has 0 saturated heterocycles. The molecule has 0 radical (unpaired) electrons. The van der Waals surface area contributed by atoms with Crippen LogP contribution in [0.5, 0.6) is 0 Å². The zero-order chi connectivity index (χ0) is 13.3. The molecular weight excluding hydrogens is 210 g/mol. The maximum Gasteiger partial charge on any atom is 0.0624 e. The molecule has 0 aromatic carbocycles. The fourth-order valence-corrected chi connectivity index (χ4v) is 1.90. The van der Waals surface area contributed by atoms with Crippen LogP contribution in [-0.4, -0.2) is 25.8 Å². The Morgan fingerprint density at radius 2 is 1.71 bits per heavy atom. The molecule has 0 aromatic rings. The Kier molecular flexibility index (Phi) is 8.89. The first-order valence-corrected chi connectivity index (χ1v) is 7.22. The van der Waals surface area contributed by atoms with Gasteiger partial charge in [0.25, 0.3) is 0 Å². The van der Waals surface area contributed by atoms with Crippen molar-refractivity contribution in [3.05, 3.63) is 0 Å². The minimum absolute atomic E-state index is 0.267. The molecule has 17 heavy (non-hydrogen) atoms. The average molecular weight is 243 g/mol. The molecule has 104 valence electrons. The van der Waals surface area contributed by atoms with E-state index in [1.165, 1.54) is 19.3 Å². The molecule has 2 atom stereocenters. The summed E-state index contributed by atoms with van der Waals surface area (Å²) >= 11 is 0. The molecule has 2 unspecified atom stereocenters. The molecule has 0 aliphatic rings. The van der Waals surface area contributed by atoms with Crippen molar-refractivity contribution in [2.75, 3.05) is 19.8 Å². The highest BCUT2D eigenvalue weighted by molar-refractivity contribution is 4.80. The van der Waals surface area contributed by atoms with Crippen LogP contribution in [0, 0.1) is 11.3 Å². The highest BCUT2D eigenvalue weighted by Gasteiger charge is 2.24. The molecule has 2 nitrogen and oxygen atoms in total. The molecule has 0 saturated carbocycles. The van der Waals surface area contributed by atoms with E-state index in [1.54, 1.807) is 0 Å². The van der Waals surface area contributed by atoms with Crippen molar-refractivity contribution in [3.8, 4) is 0 Å². The molecule has 1 N–H and O–H groups in total. The largest absolute Gasteiger partial charge is 0.380 e. The van der Waals surface area contributed by atoms with E-state index in [4.69, 9.17) is 4.74 Å². The lowest BCUT2D eigenvalue weighted by Gasteiger charge is -2.31. The highest BCUT2D eigenvalue weighted by atomic mass is 16.5. The summed E-state index contributed by atoms with van der Waals surface area (Å²) in [6.07, 6.45) is 3.70. The van der Waals surface area contributed by atoms with Crippen LogP contribution in [0.4, 0.5) is 0 Å². The van der Waals surface area contributed by atoms with Gasteiger partial charge in [-0.15, -0.1) is 0 Å². The summed E-state index contributed by atoms with van der Waals surface area (Å²) < 4.78 is 5.87. The van der Waals surface area contributed by atoms with Gasteiger partial charge in [0.1, 0.15) is 0 Å². The zero-order valence-electron chi connectivity index (χ0n) is 12.8. The Morgan fingerprint density at radius 1 is 1.06 bits per heavy atom. The second kappa shape index (κ2) is 8.93. The van der Waals surface area contributed by atoms with Gasteiger partial charge in [0.2, 0.25) is 0 Å². The van der Waals surface area contributed by atoms with Crippen LogP contribution in [0.15, 0.2) is 0 Å². The van der Waals surface area contributed by atoms with Crippen LogP contribution < -0.4 is 5.32 Å². The molecule has 0 aliphatic carbocycles. The van der Waals surface area contributed by atoms with E-state index in [2.05, 4.69) is 46.9 Å². The first-order chi connectivity index (χ1) is 7.91. The summed E-state index contributed by atoms with van der Waals surface area (Å²) in [6, 6.07) is 0.455. The van der Waals surface area contributed by atoms with Gasteiger partial charge in [0.15, 0.2) is 0 Å². The molecular formula is C15H33NO. The molecule has 0 fully saturated rings. The van der Waals surface area contributed by atoms with Gasteiger partial charge in [-0.2, -0.15) is 0 Å². The zero-order valence-corrected chi connectivity index (χ0v) is 12.8. The van der Waals surface area contributed by atoms with Crippen molar-refractivity contribution < 1.29 is 4.74 Å². The van der Waals surface area contributed by atoms with E-state index < -0.39 is 0 Å². The van der Waals surface area contributed by atoms with Gasteiger partial charge in [0, 0.05) is 12.6 Å². The van der Waals surface area contributed by atoms with Crippen molar-refractivity contribution in [1.82, 2.24) is 5.32 Å². The Labute approximate surface area is 109 Å². The minimum atomic E-state index is 0.267. The molecule has 0 spiro atoms. The van der Waals surface area contributed by atoms with Crippen LogP contribution in [0.3, 0.4) is 0 Å². The smallest absolute Gasteiger partial charge is 0.0624 e. The molecule has 0 aromatic heterocycles. The Hall–Kier alpha value is -0.0800. The first-order valence-electron chi connectivity index (χ1n) is 7.22. The highest BCUT2D eigenvalue weighted by Crippen LogP contribution is 2.20. The van der Waals surface area contributed by atoms with Gasteiger partial charge >= 0.3 is 0 Å². The third-order valence-corrected chi connectivity index (χ3v) is 3.15. The lowest BCUT2D eigenvalue weighted by atomic mass is 9.87. The standard InChI is InChI=1S/C15H33NO/c1-7-9-13(3)11-17-12-14(15(4,5)6)16-10-8-2/h13-14,16H,7-12H2,1-6H3. The Balaban J connectivity index is 3.91. The lowest BCUT2D eigenvalue weighted by molar-refractivity contribution is 0.0552. The normalized spacial score (nSPS) is 15.9. The lowest BCUT2D eigenvalue weighted by Crippen LogP contribution is -2.44. The van der Waals surface area contributed by atoms with Gasteiger partial charge in [-0.05, 0) is 30.7 Å². The summed E-state index contributed by atoms with van der Waals surface area (Å²) in [5, 5.41) is 3.59. The van der Waals surface area contributed by atoms with Gasteiger partial charge in [-0.1, -0.05) is 48.0 Å². The third kappa shape index (κ3) is 8.62. The first kappa shape index (κ1) is 16.9. The maximum absolute atomic E-state index is 5.87. The van der Waals surface area contributed by atoms with Crippen LogP contribution in [0.2, 0.25) is 0 Å². The molecule has 0 amide bonds. The maximum atomic E-state index is 5.87. The van der Waals surface area contributed by atoms with E-state index in [0.29, 0.717) is 12.0 Å². The molecule has 2 heteroatoms. The van der Waals surface area contributed by atoms with Gasteiger partial charge in [-0.3, -0.25) is 0 Å². The molecule has 0 rings (SSSR count). The predicted octanol–water partition coefficient (Wildman–Crippen LogP) is 3.85.